The molecule has 0 spiro atoms. The molecule has 2 nitrogen and oxygen atoms in total. The molecule has 0 heterocycles. The molecule has 0 aromatic heterocycles. The molecule has 0 fully saturated rings. The molecule has 1 atom stereocenters. The number of hydrogen-bond donors (Lipinski definition) is 2. The van der Waals surface area contributed by atoms with E-state index in [4.69, 9.17) is 17.4 Å². The zero-order chi connectivity index (χ0) is 13.8. The van der Waals surface area contributed by atoms with Crippen LogP contribution in [0, 0.1) is 5.82 Å². The second-order valence-corrected chi connectivity index (χ2v) is 5.43. The van der Waals surface area contributed by atoms with Crippen molar-refractivity contribution in [2.24, 2.45) is 5.84 Å². The van der Waals surface area contributed by atoms with E-state index in [1.54, 1.807) is 12.1 Å². The van der Waals surface area contributed by atoms with Gasteiger partial charge in [0.05, 0.1) is 11.1 Å². The lowest BCUT2D eigenvalue weighted by atomic mass is 9.99. The Kier molecular flexibility index (Phi) is 4.93. The summed E-state index contributed by atoms with van der Waals surface area (Å²) < 4.78 is 13.7. The monoisotopic (exact) mass is 342 g/mol. The molecular formula is C14H13BrClFN2. The Labute approximate surface area is 124 Å². The summed E-state index contributed by atoms with van der Waals surface area (Å²) in [6.45, 7) is 0. The maximum absolute atomic E-state index is 12.9. The van der Waals surface area contributed by atoms with Crippen LogP contribution in [0.25, 0.3) is 0 Å². The summed E-state index contributed by atoms with van der Waals surface area (Å²) in [6.07, 6.45) is 0.632. The van der Waals surface area contributed by atoms with E-state index in [1.807, 2.05) is 18.2 Å². The Morgan fingerprint density at radius 3 is 2.53 bits per heavy atom. The molecule has 0 aliphatic carbocycles. The predicted octanol–water partition coefficient (Wildman–Crippen LogP) is 3.99. The fourth-order valence-electron chi connectivity index (χ4n) is 1.90. The van der Waals surface area contributed by atoms with E-state index in [0.717, 1.165) is 15.6 Å². The van der Waals surface area contributed by atoms with Gasteiger partial charge < -0.3 is 0 Å². The van der Waals surface area contributed by atoms with E-state index in [1.165, 1.54) is 12.1 Å². The number of nitrogens with two attached hydrogens (primary N) is 1. The minimum absolute atomic E-state index is 0.129. The average Bonchev–Trinajstić information content (AvgIpc) is 2.42. The van der Waals surface area contributed by atoms with Crippen LogP contribution in [0.4, 0.5) is 4.39 Å². The van der Waals surface area contributed by atoms with Gasteiger partial charge in [-0.15, -0.1) is 0 Å². The molecule has 0 aliphatic heterocycles. The molecule has 100 valence electrons. The smallest absolute Gasteiger partial charge is 0.123 e. The largest absolute Gasteiger partial charge is 0.271 e. The lowest BCUT2D eigenvalue weighted by Gasteiger charge is -2.18. The quantitative estimate of drug-likeness (QED) is 0.651. The van der Waals surface area contributed by atoms with Crippen molar-refractivity contribution in [3.8, 4) is 0 Å². The third-order valence-corrected chi connectivity index (χ3v) is 4.22. The first kappa shape index (κ1) is 14.5. The van der Waals surface area contributed by atoms with E-state index >= 15 is 0 Å². The highest BCUT2D eigenvalue weighted by atomic mass is 79.9. The first-order valence-corrected chi connectivity index (χ1v) is 6.93. The molecular weight excluding hydrogens is 331 g/mol. The van der Waals surface area contributed by atoms with Gasteiger partial charge in [-0.2, -0.15) is 0 Å². The Balaban J connectivity index is 2.25. The molecule has 0 radical (unpaired) electrons. The molecule has 3 N–H and O–H groups in total. The fourth-order valence-corrected chi connectivity index (χ4v) is 2.54. The second kappa shape index (κ2) is 6.48. The van der Waals surface area contributed by atoms with E-state index in [2.05, 4.69) is 21.4 Å². The summed E-state index contributed by atoms with van der Waals surface area (Å²) in [7, 11) is 0. The number of benzene rings is 2. The third kappa shape index (κ3) is 3.54. The van der Waals surface area contributed by atoms with Crippen molar-refractivity contribution >= 4 is 27.5 Å². The van der Waals surface area contributed by atoms with Gasteiger partial charge in [-0.25, -0.2) is 4.39 Å². The highest BCUT2D eigenvalue weighted by Crippen LogP contribution is 2.31. The summed E-state index contributed by atoms with van der Waals surface area (Å²) in [6, 6.07) is 11.9. The number of halogens is 3. The zero-order valence-corrected chi connectivity index (χ0v) is 12.4. The van der Waals surface area contributed by atoms with E-state index in [0.29, 0.717) is 11.4 Å². The van der Waals surface area contributed by atoms with Gasteiger partial charge in [-0.1, -0.05) is 35.9 Å². The molecule has 0 aliphatic rings. The van der Waals surface area contributed by atoms with Crippen molar-refractivity contribution in [1.82, 2.24) is 5.43 Å². The summed E-state index contributed by atoms with van der Waals surface area (Å²) in [5.74, 6) is 5.35. The highest BCUT2D eigenvalue weighted by molar-refractivity contribution is 9.10. The SMILES string of the molecule is NNC(Cc1ccc(F)cc1)c1cccc(Br)c1Cl. The highest BCUT2D eigenvalue weighted by Gasteiger charge is 2.15. The van der Waals surface area contributed by atoms with Crippen molar-refractivity contribution in [2.45, 2.75) is 12.5 Å². The lowest BCUT2D eigenvalue weighted by Crippen LogP contribution is -2.29. The molecule has 5 heteroatoms. The standard InChI is InChI=1S/C14H13BrClFN2/c15-12-3-1-2-11(14(12)16)13(19-18)8-9-4-6-10(17)7-5-9/h1-7,13,19H,8,18H2. The average molecular weight is 344 g/mol. The van der Waals surface area contributed by atoms with E-state index < -0.39 is 0 Å². The van der Waals surface area contributed by atoms with Crippen molar-refractivity contribution in [1.29, 1.82) is 0 Å². The maximum Gasteiger partial charge on any atom is 0.123 e. The van der Waals surface area contributed by atoms with E-state index in [-0.39, 0.29) is 11.9 Å². The number of nitrogens with one attached hydrogen (secondary N) is 1. The Morgan fingerprint density at radius 2 is 1.89 bits per heavy atom. The summed E-state index contributed by atoms with van der Waals surface area (Å²) in [5.41, 5.74) is 4.64. The van der Waals surface area contributed by atoms with Gasteiger partial charge in [-0.3, -0.25) is 11.3 Å². The van der Waals surface area contributed by atoms with E-state index in [9.17, 15) is 4.39 Å². The predicted molar refractivity (Wildman–Crippen MR) is 79.3 cm³/mol. The third-order valence-electron chi connectivity index (χ3n) is 2.91. The molecule has 2 aromatic carbocycles. The van der Waals surface area contributed by atoms with Gasteiger partial charge in [-0.05, 0) is 51.7 Å². The zero-order valence-electron chi connectivity index (χ0n) is 10.0. The van der Waals surface area contributed by atoms with Gasteiger partial charge >= 0.3 is 0 Å². The Bertz CT molecular complexity index is 560. The molecule has 0 amide bonds. The van der Waals surface area contributed by atoms with Gasteiger partial charge in [0, 0.05) is 4.47 Å². The summed E-state index contributed by atoms with van der Waals surface area (Å²) in [5, 5.41) is 0.632. The number of hydrogen-bond acceptors (Lipinski definition) is 2. The number of hydrazine groups is 1. The van der Waals surface area contributed by atoms with Crippen LogP contribution in [0.15, 0.2) is 46.9 Å². The van der Waals surface area contributed by atoms with Crippen LogP contribution in [0.3, 0.4) is 0 Å². The molecule has 1 unspecified atom stereocenters. The fraction of sp³-hybridized carbons (Fsp3) is 0.143. The Hall–Kier alpha value is -0.940. The molecule has 2 rings (SSSR count). The van der Waals surface area contributed by atoms with Crippen molar-refractivity contribution in [3.05, 3.63) is 68.9 Å². The Morgan fingerprint density at radius 1 is 1.21 bits per heavy atom. The second-order valence-electron chi connectivity index (χ2n) is 4.19. The van der Waals surface area contributed by atoms with Crippen LogP contribution in [-0.2, 0) is 6.42 Å². The van der Waals surface area contributed by atoms with Crippen LogP contribution in [0.2, 0.25) is 5.02 Å². The lowest BCUT2D eigenvalue weighted by molar-refractivity contribution is 0.550. The summed E-state index contributed by atoms with van der Waals surface area (Å²) >= 11 is 9.64. The van der Waals surface area contributed by atoms with Crippen LogP contribution in [0.5, 0.6) is 0 Å². The van der Waals surface area contributed by atoms with Crippen LogP contribution in [0.1, 0.15) is 17.2 Å². The van der Waals surface area contributed by atoms with Crippen molar-refractivity contribution in [3.63, 3.8) is 0 Å². The topological polar surface area (TPSA) is 38.0 Å². The van der Waals surface area contributed by atoms with Crippen LogP contribution >= 0.6 is 27.5 Å². The van der Waals surface area contributed by atoms with Crippen LogP contribution in [-0.4, -0.2) is 0 Å². The molecule has 2 aromatic rings. The van der Waals surface area contributed by atoms with Crippen LogP contribution < -0.4 is 11.3 Å². The number of rotatable bonds is 4. The molecule has 19 heavy (non-hydrogen) atoms. The molecule has 0 bridgehead atoms. The van der Waals surface area contributed by atoms with Crippen molar-refractivity contribution < 1.29 is 4.39 Å². The van der Waals surface area contributed by atoms with Gasteiger partial charge in [0.2, 0.25) is 0 Å². The first-order valence-electron chi connectivity index (χ1n) is 5.76. The molecule has 0 saturated carbocycles. The first-order chi connectivity index (χ1) is 9.11. The normalized spacial score (nSPS) is 12.4. The van der Waals surface area contributed by atoms with Crippen molar-refractivity contribution in [2.75, 3.05) is 0 Å². The summed E-state index contributed by atoms with van der Waals surface area (Å²) in [4.78, 5) is 0. The maximum atomic E-state index is 12.9. The van der Waals surface area contributed by atoms with Gasteiger partial charge in [0.15, 0.2) is 0 Å². The van der Waals surface area contributed by atoms with Gasteiger partial charge in [0.25, 0.3) is 0 Å². The van der Waals surface area contributed by atoms with Gasteiger partial charge in [0.1, 0.15) is 5.82 Å². The minimum Gasteiger partial charge on any atom is -0.271 e. The minimum atomic E-state index is -0.249. The molecule has 0 saturated heterocycles.